The van der Waals surface area contributed by atoms with E-state index >= 15 is 0 Å². The lowest BCUT2D eigenvalue weighted by Crippen LogP contribution is -2.39. The average molecular weight is 648 g/mol. The summed E-state index contributed by atoms with van der Waals surface area (Å²) >= 11 is 0. The minimum atomic E-state index is 0.358. The zero-order valence-corrected chi connectivity index (χ0v) is 27.3. The number of nitrogens with one attached hydrogen (secondary N) is 1. The predicted molar refractivity (Wildman–Crippen MR) is 185 cm³/mol. The van der Waals surface area contributed by atoms with Crippen LogP contribution in [0.25, 0.3) is 22.3 Å². The summed E-state index contributed by atoms with van der Waals surface area (Å²) in [6.45, 7) is 5.63. The molecule has 4 atom stereocenters. The normalized spacial score (nSPS) is 20.8. The molecule has 0 radical (unpaired) electrons. The van der Waals surface area contributed by atoms with Crippen LogP contribution in [0, 0.1) is 0 Å². The summed E-state index contributed by atoms with van der Waals surface area (Å²) in [7, 11) is 0. The van der Waals surface area contributed by atoms with Gasteiger partial charge in [0.05, 0.1) is 43.8 Å². The largest absolute Gasteiger partial charge is 0.493 e. The van der Waals surface area contributed by atoms with Crippen LogP contribution >= 0.6 is 0 Å². The monoisotopic (exact) mass is 647 g/mol. The number of hydrogen-bond acceptors (Lipinski definition) is 9. The van der Waals surface area contributed by atoms with Crippen molar-refractivity contribution in [1.29, 1.82) is 0 Å². The summed E-state index contributed by atoms with van der Waals surface area (Å²) in [4.78, 5) is 5.91. The minimum Gasteiger partial charge on any atom is -0.493 e. The highest BCUT2D eigenvalue weighted by Crippen LogP contribution is 2.30. The Morgan fingerprint density at radius 1 is 0.583 bits per heavy atom. The molecule has 0 amide bonds. The molecule has 9 nitrogen and oxygen atoms in total. The van der Waals surface area contributed by atoms with Gasteiger partial charge in [0.2, 0.25) is 5.88 Å². The van der Waals surface area contributed by atoms with Crippen molar-refractivity contribution in [2.75, 3.05) is 13.2 Å². The molecular formula is C39H41N3O6. The van der Waals surface area contributed by atoms with Gasteiger partial charge in [-0.05, 0) is 88.9 Å². The number of allylic oxidation sites excluding steroid dienone is 1. The number of hydrazine groups is 1. The topological polar surface area (TPSA) is 89.6 Å². The van der Waals surface area contributed by atoms with Crippen molar-refractivity contribution in [3.8, 4) is 45.3 Å². The Morgan fingerprint density at radius 2 is 1.02 bits per heavy atom. The number of ether oxygens (including phenoxy) is 5. The SMILES string of the molecule is CCC1OC1CCOc1ccc(-c2ccc(OC3=CC=NN(Oc4ccc(-c5ccc(OCCC6OC6CC)cc5)cc4)N3)cc2)cc1. The second-order valence-corrected chi connectivity index (χ2v) is 12.0. The van der Waals surface area contributed by atoms with Gasteiger partial charge in [-0.2, -0.15) is 0 Å². The van der Waals surface area contributed by atoms with Crippen molar-refractivity contribution < 1.29 is 28.5 Å². The minimum absolute atomic E-state index is 0.358. The summed E-state index contributed by atoms with van der Waals surface area (Å²) in [6, 6.07) is 32.0. The Morgan fingerprint density at radius 3 is 1.46 bits per heavy atom. The summed E-state index contributed by atoms with van der Waals surface area (Å²) in [5.41, 5.74) is 7.38. The summed E-state index contributed by atoms with van der Waals surface area (Å²) in [5.74, 6) is 3.52. The van der Waals surface area contributed by atoms with Gasteiger partial charge < -0.3 is 28.5 Å². The van der Waals surface area contributed by atoms with Crippen molar-refractivity contribution in [2.24, 2.45) is 5.10 Å². The third-order valence-electron chi connectivity index (χ3n) is 8.63. The second kappa shape index (κ2) is 14.8. The smallest absolute Gasteiger partial charge is 0.217 e. The number of hydrogen-bond donors (Lipinski definition) is 1. The fraction of sp³-hybridized carbons (Fsp3) is 0.308. The molecule has 2 fully saturated rings. The van der Waals surface area contributed by atoms with Crippen LogP contribution in [0.4, 0.5) is 0 Å². The summed E-state index contributed by atoms with van der Waals surface area (Å²) in [6.07, 6.45) is 8.90. The molecule has 3 aliphatic heterocycles. The van der Waals surface area contributed by atoms with Crippen LogP contribution in [-0.4, -0.2) is 49.1 Å². The highest BCUT2D eigenvalue weighted by atomic mass is 16.7. The van der Waals surface area contributed by atoms with Gasteiger partial charge in [0.25, 0.3) is 0 Å². The van der Waals surface area contributed by atoms with Crippen molar-refractivity contribution in [2.45, 2.75) is 63.9 Å². The predicted octanol–water partition coefficient (Wildman–Crippen LogP) is 7.93. The first kappa shape index (κ1) is 31.6. The van der Waals surface area contributed by atoms with Crippen molar-refractivity contribution in [1.82, 2.24) is 10.7 Å². The molecular weight excluding hydrogens is 606 g/mol. The molecule has 48 heavy (non-hydrogen) atoms. The molecule has 3 heterocycles. The first-order valence-electron chi connectivity index (χ1n) is 16.8. The maximum absolute atomic E-state index is 6.04. The summed E-state index contributed by atoms with van der Waals surface area (Å²) in [5, 5.41) is 5.50. The van der Waals surface area contributed by atoms with E-state index in [0.29, 0.717) is 55.0 Å². The Balaban J connectivity index is 0.852. The van der Waals surface area contributed by atoms with Crippen molar-refractivity contribution in [3.63, 3.8) is 0 Å². The maximum atomic E-state index is 6.04. The Labute approximate surface area is 281 Å². The molecule has 0 spiro atoms. The standard InChI is InChI=1S/C39H41N3O6/c1-3-35-37(46-35)22-25-43-31-13-5-27(6-14-31)29-9-17-33(18-10-29)45-39-21-24-40-42(41-39)48-34-19-11-30(12-20-34)28-7-15-32(16-8-28)44-26-23-38-36(4-2)47-38/h5-21,24,35-38,41H,3-4,22-23,25-26H2,1-2H3. The van der Waals surface area contributed by atoms with E-state index in [1.54, 1.807) is 12.3 Å². The zero-order chi connectivity index (χ0) is 32.7. The second-order valence-electron chi connectivity index (χ2n) is 12.0. The van der Waals surface area contributed by atoms with Crippen LogP contribution in [0.1, 0.15) is 39.5 Å². The molecule has 4 aromatic carbocycles. The Hall–Kier alpha value is -4.99. The first-order valence-corrected chi connectivity index (χ1v) is 16.8. The fourth-order valence-electron chi connectivity index (χ4n) is 5.73. The number of hydrazone groups is 1. The van der Waals surface area contributed by atoms with Gasteiger partial charge in [-0.25, -0.2) is 5.43 Å². The van der Waals surface area contributed by atoms with E-state index in [1.807, 2.05) is 72.8 Å². The molecule has 2 saturated heterocycles. The number of benzene rings is 4. The van der Waals surface area contributed by atoms with Gasteiger partial charge >= 0.3 is 0 Å². The molecule has 0 aromatic heterocycles. The Bertz CT molecular complexity index is 1690. The van der Waals surface area contributed by atoms with Gasteiger partial charge in [0, 0.05) is 18.9 Å². The van der Waals surface area contributed by atoms with Gasteiger partial charge in [0.15, 0.2) is 5.75 Å². The van der Waals surface area contributed by atoms with Gasteiger partial charge in [-0.3, -0.25) is 0 Å². The van der Waals surface area contributed by atoms with Crippen LogP contribution in [0.5, 0.6) is 23.0 Å². The van der Waals surface area contributed by atoms with E-state index in [9.17, 15) is 0 Å². The summed E-state index contributed by atoms with van der Waals surface area (Å²) < 4.78 is 29.0. The van der Waals surface area contributed by atoms with E-state index in [2.05, 4.69) is 48.6 Å². The van der Waals surface area contributed by atoms with E-state index in [-0.39, 0.29) is 0 Å². The third kappa shape index (κ3) is 8.29. The molecule has 3 aliphatic rings. The lowest BCUT2D eigenvalue weighted by Gasteiger charge is -2.23. The van der Waals surface area contributed by atoms with E-state index in [0.717, 1.165) is 59.4 Å². The lowest BCUT2D eigenvalue weighted by atomic mass is 10.1. The van der Waals surface area contributed by atoms with E-state index in [1.165, 1.54) is 5.28 Å². The highest BCUT2D eigenvalue weighted by Gasteiger charge is 2.37. The molecule has 7 rings (SSSR count). The Kier molecular flexibility index (Phi) is 9.77. The average Bonchev–Trinajstić information content (AvgIpc) is 4.06. The first-order chi connectivity index (χ1) is 23.6. The molecule has 4 unspecified atom stereocenters. The quantitative estimate of drug-likeness (QED) is 0.123. The zero-order valence-electron chi connectivity index (χ0n) is 27.3. The van der Waals surface area contributed by atoms with Crippen LogP contribution in [0.3, 0.4) is 0 Å². The highest BCUT2D eigenvalue weighted by molar-refractivity contribution is 5.72. The van der Waals surface area contributed by atoms with Gasteiger partial charge in [-0.1, -0.05) is 62.4 Å². The number of rotatable bonds is 16. The van der Waals surface area contributed by atoms with Crippen LogP contribution in [0.2, 0.25) is 0 Å². The van der Waals surface area contributed by atoms with Crippen molar-refractivity contribution >= 4 is 6.21 Å². The molecule has 248 valence electrons. The molecule has 1 N–H and O–H groups in total. The number of epoxide rings is 2. The molecule has 0 aliphatic carbocycles. The van der Waals surface area contributed by atoms with E-state index in [4.69, 9.17) is 28.5 Å². The van der Waals surface area contributed by atoms with Crippen LogP contribution < -0.4 is 24.5 Å². The molecule has 9 heteroatoms. The van der Waals surface area contributed by atoms with E-state index < -0.39 is 0 Å². The molecule has 4 aromatic rings. The fourth-order valence-corrected chi connectivity index (χ4v) is 5.73. The molecule has 0 saturated carbocycles. The van der Waals surface area contributed by atoms with Gasteiger partial charge in [-0.15, -0.1) is 5.10 Å². The number of nitrogens with zero attached hydrogens (tertiary/aromatic N) is 2. The third-order valence-corrected chi connectivity index (χ3v) is 8.63. The lowest BCUT2D eigenvalue weighted by molar-refractivity contribution is -0.104. The van der Waals surface area contributed by atoms with Crippen LogP contribution in [0.15, 0.2) is 114 Å². The van der Waals surface area contributed by atoms with Crippen LogP contribution in [-0.2, 0) is 9.47 Å². The van der Waals surface area contributed by atoms with Gasteiger partial charge in [0.1, 0.15) is 17.2 Å². The maximum Gasteiger partial charge on any atom is 0.217 e. The molecule has 0 bridgehead atoms. The van der Waals surface area contributed by atoms with Crippen molar-refractivity contribution in [3.05, 3.63) is 109 Å².